The van der Waals surface area contributed by atoms with Gasteiger partial charge >= 0.3 is 0 Å². The maximum Gasteiger partial charge on any atom is 0.0181 e. The van der Waals surface area contributed by atoms with E-state index in [2.05, 4.69) is 4.72 Å². The number of hydrogen-bond donors (Lipinski definition) is 1. The molecule has 0 aromatic heterocycles. The zero-order valence-electron chi connectivity index (χ0n) is 6.54. The molecule has 0 heterocycles. The van der Waals surface area contributed by atoms with Crippen molar-refractivity contribution < 1.29 is 8.76 Å². The summed E-state index contributed by atoms with van der Waals surface area (Å²) in [5, 5.41) is 0. The Morgan fingerprint density at radius 1 is 1.36 bits per heavy atom. The highest BCUT2D eigenvalue weighted by molar-refractivity contribution is 7.77. The topological polar surface area (TPSA) is 52.2 Å². The van der Waals surface area contributed by atoms with Gasteiger partial charge in [-0.05, 0) is 18.8 Å². The molecule has 0 bridgehead atoms. The van der Waals surface area contributed by atoms with Gasteiger partial charge in [-0.3, -0.25) is 4.21 Å². The van der Waals surface area contributed by atoms with Crippen LogP contribution in [0.4, 0.5) is 0 Å². The van der Waals surface area contributed by atoms with Crippen molar-refractivity contribution in [2.75, 3.05) is 6.54 Å². The molecule has 1 N–H and O–H groups in total. The molecule has 1 aliphatic rings. The SMILES string of the molecule is O=S([O-])NCC1CCCCC1. The van der Waals surface area contributed by atoms with Gasteiger partial charge in [0.15, 0.2) is 0 Å². The van der Waals surface area contributed by atoms with E-state index in [1.807, 2.05) is 0 Å². The quantitative estimate of drug-likeness (QED) is 0.651. The van der Waals surface area contributed by atoms with Crippen molar-refractivity contribution in [2.24, 2.45) is 5.92 Å². The lowest BCUT2D eigenvalue weighted by atomic mass is 9.90. The summed E-state index contributed by atoms with van der Waals surface area (Å²) in [6.07, 6.45) is 6.21. The third kappa shape index (κ3) is 3.84. The van der Waals surface area contributed by atoms with Crippen molar-refractivity contribution in [3.8, 4) is 0 Å². The Bertz CT molecular complexity index is 134. The Balaban J connectivity index is 2.09. The van der Waals surface area contributed by atoms with Crippen LogP contribution in [0.15, 0.2) is 0 Å². The molecule has 0 radical (unpaired) electrons. The fraction of sp³-hybridized carbons (Fsp3) is 1.00. The first-order chi connectivity index (χ1) is 5.29. The highest BCUT2D eigenvalue weighted by Gasteiger charge is 2.12. The van der Waals surface area contributed by atoms with Crippen LogP contribution in [0, 0.1) is 5.92 Å². The first-order valence-electron chi connectivity index (χ1n) is 4.12. The van der Waals surface area contributed by atoms with E-state index in [1.54, 1.807) is 0 Å². The van der Waals surface area contributed by atoms with Crippen LogP contribution in [-0.2, 0) is 11.3 Å². The van der Waals surface area contributed by atoms with Gasteiger partial charge in [0.2, 0.25) is 0 Å². The van der Waals surface area contributed by atoms with E-state index in [0.29, 0.717) is 12.5 Å². The molecular formula is C7H14NO2S-. The van der Waals surface area contributed by atoms with Crippen LogP contribution in [0.1, 0.15) is 32.1 Å². The largest absolute Gasteiger partial charge is 0.760 e. The van der Waals surface area contributed by atoms with Crippen LogP contribution >= 0.6 is 0 Å². The Morgan fingerprint density at radius 3 is 2.55 bits per heavy atom. The summed E-state index contributed by atoms with van der Waals surface area (Å²) in [4.78, 5) is 0. The fourth-order valence-electron chi connectivity index (χ4n) is 1.58. The molecule has 0 aromatic rings. The molecule has 1 fully saturated rings. The predicted octanol–water partition coefficient (Wildman–Crippen LogP) is 0.950. The second kappa shape index (κ2) is 4.85. The molecule has 1 atom stereocenters. The summed E-state index contributed by atoms with van der Waals surface area (Å²) in [6, 6.07) is 0. The van der Waals surface area contributed by atoms with E-state index in [1.165, 1.54) is 32.1 Å². The first-order valence-corrected chi connectivity index (χ1v) is 5.19. The molecule has 4 heteroatoms. The maximum atomic E-state index is 10.1. The van der Waals surface area contributed by atoms with Crippen molar-refractivity contribution in [1.29, 1.82) is 0 Å². The van der Waals surface area contributed by atoms with E-state index in [-0.39, 0.29) is 0 Å². The van der Waals surface area contributed by atoms with Gasteiger partial charge in [0.05, 0.1) is 0 Å². The van der Waals surface area contributed by atoms with Crippen molar-refractivity contribution in [3.63, 3.8) is 0 Å². The number of hydrogen-bond acceptors (Lipinski definition) is 2. The average molecular weight is 176 g/mol. The minimum absolute atomic E-state index is 0.585. The molecule has 0 aliphatic heterocycles. The van der Waals surface area contributed by atoms with E-state index in [4.69, 9.17) is 0 Å². The van der Waals surface area contributed by atoms with Gasteiger partial charge in [0.1, 0.15) is 0 Å². The van der Waals surface area contributed by atoms with Crippen molar-refractivity contribution in [2.45, 2.75) is 32.1 Å². The van der Waals surface area contributed by atoms with Gasteiger partial charge in [-0.2, -0.15) is 0 Å². The average Bonchev–Trinajstić information content (AvgIpc) is 2.03. The smallest absolute Gasteiger partial charge is 0.0181 e. The van der Waals surface area contributed by atoms with Crippen LogP contribution in [-0.4, -0.2) is 15.3 Å². The van der Waals surface area contributed by atoms with Gasteiger partial charge < -0.3 is 4.55 Å². The lowest BCUT2D eigenvalue weighted by Gasteiger charge is -2.22. The third-order valence-corrected chi connectivity index (χ3v) is 2.62. The Hall–Kier alpha value is 0.0700. The van der Waals surface area contributed by atoms with E-state index >= 15 is 0 Å². The lowest BCUT2D eigenvalue weighted by molar-refractivity contribution is 0.355. The first kappa shape index (κ1) is 9.16. The zero-order valence-corrected chi connectivity index (χ0v) is 7.36. The molecule has 66 valence electrons. The summed E-state index contributed by atoms with van der Waals surface area (Å²) >= 11 is -2.07. The minimum atomic E-state index is -2.07. The van der Waals surface area contributed by atoms with Crippen LogP contribution in [0.5, 0.6) is 0 Å². The van der Waals surface area contributed by atoms with E-state index in [9.17, 15) is 8.76 Å². The maximum absolute atomic E-state index is 10.1. The molecule has 0 saturated heterocycles. The molecular weight excluding hydrogens is 162 g/mol. The molecule has 1 unspecified atom stereocenters. The monoisotopic (exact) mass is 176 g/mol. The molecule has 0 amide bonds. The van der Waals surface area contributed by atoms with Crippen molar-refractivity contribution >= 4 is 11.3 Å². The van der Waals surface area contributed by atoms with Gasteiger partial charge in [-0.1, -0.05) is 19.3 Å². The molecule has 3 nitrogen and oxygen atoms in total. The van der Waals surface area contributed by atoms with Gasteiger partial charge in [-0.25, -0.2) is 4.72 Å². The van der Waals surface area contributed by atoms with E-state index < -0.39 is 11.3 Å². The summed E-state index contributed by atoms with van der Waals surface area (Å²) in [7, 11) is 0. The second-order valence-electron chi connectivity index (χ2n) is 3.09. The standard InChI is InChI=1S/C7H15NO2S/c9-11(10)8-6-7-4-2-1-3-5-7/h7-8H,1-6H2,(H,9,10)/p-1. The van der Waals surface area contributed by atoms with Gasteiger partial charge in [0, 0.05) is 17.8 Å². The van der Waals surface area contributed by atoms with Crippen molar-refractivity contribution in [1.82, 2.24) is 4.72 Å². The third-order valence-electron chi connectivity index (χ3n) is 2.21. The predicted molar refractivity (Wildman–Crippen MR) is 43.5 cm³/mol. The molecule has 1 aliphatic carbocycles. The second-order valence-corrected chi connectivity index (χ2v) is 3.85. The number of rotatable bonds is 3. The van der Waals surface area contributed by atoms with E-state index in [0.717, 1.165) is 0 Å². The van der Waals surface area contributed by atoms with Crippen molar-refractivity contribution in [3.05, 3.63) is 0 Å². The van der Waals surface area contributed by atoms with Gasteiger partial charge in [0.25, 0.3) is 0 Å². The van der Waals surface area contributed by atoms with Gasteiger partial charge in [-0.15, -0.1) is 0 Å². The summed E-state index contributed by atoms with van der Waals surface area (Å²) in [6.45, 7) is 0.635. The molecule has 11 heavy (non-hydrogen) atoms. The summed E-state index contributed by atoms with van der Waals surface area (Å²) in [5.74, 6) is 0.585. The minimum Gasteiger partial charge on any atom is -0.760 e. The van der Waals surface area contributed by atoms with Crippen LogP contribution in [0.2, 0.25) is 0 Å². The Kier molecular flexibility index (Phi) is 4.04. The highest BCUT2D eigenvalue weighted by Crippen LogP contribution is 2.22. The highest BCUT2D eigenvalue weighted by atomic mass is 32.2. The Labute approximate surface area is 70.0 Å². The zero-order chi connectivity index (χ0) is 8.10. The molecule has 0 aromatic carbocycles. The normalized spacial score (nSPS) is 23.4. The number of nitrogens with one attached hydrogen (secondary N) is 1. The molecule has 1 rings (SSSR count). The lowest BCUT2D eigenvalue weighted by Crippen LogP contribution is -2.25. The summed E-state index contributed by atoms with van der Waals surface area (Å²) in [5.41, 5.74) is 0. The summed E-state index contributed by atoms with van der Waals surface area (Å²) < 4.78 is 22.7. The fourth-order valence-corrected chi connectivity index (χ4v) is 1.95. The Morgan fingerprint density at radius 2 is 2.00 bits per heavy atom. The van der Waals surface area contributed by atoms with Crippen LogP contribution < -0.4 is 4.72 Å². The molecule has 1 saturated carbocycles. The van der Waals surface area contributed by atoms with Crippen LogP contribution in [0.3, 0.4) is 0 Å². The van der Waals surface area contributed by atoms with Crippen LogP contribution in [0.25, 0.3) is 0 Å². The molecule has 0 spiro atoms.